The van der Waals surface area contributed by atoms with E-state index < -0.39 is 9.84 Å². The van der Waals surface area contributed by atoms with E-state index in [1.807, 2.05) is 20.8 Å². The van der Waals surface area contributed by atoms with Gasteiger partial charge in [-0.3, -0.25) is 0 Å². The molecular weight excluding hydrogens is 264 g/mol. The summed E-state index contributed by atoms with van der Waals surface area (Å²) in [6.07, 6.45) is 1.86. The molecule has 0 fully saturated rings. The number of halogens is 1. The molecule has 0 saturated carbocycles. The van der Waals surface area contributed by atoms with Gasteiger partial charge in [0.25, 0.3) is 0 Å². The predicted molar refractivity (Wildman–Crippen MR) is 65.7 cm³/mol. The summed E-state index contributed by atoms with van der Waals surface area (Å²) in [7, 11) is -2.85. The summed E-state index contributed by atoms with van der Waals surface area (Å²) >= 11 is 3.35. The van der Waals surface area contributed by atoms with E-state index in [9.17, 15) is 8.42 Å². The lowest BCUT2D eigenvalue weighted by molar-refractivity contribution is 0.546. The Labute approximate surface area is 96.5 Å². The smallest absolute Gasteiger partial charge is 0.150 e. The molecule has 0 bridgehead atoms. The van der Waals surface area contributed by atoms with E-state index in [1.165, 1.54) is 0 Å². The standard InChI is InChI=1S/C10H21BrO2S/c1-4-9(3)7-14(12,13)8-10(5-2)6-11/h9-10H,4-8H2,1-3H3. The van der Waals surface area contributed by atoms with Crippen molar-refractivity contribution in [3.05, 3.63) is 0 Å². The Bertz CT molecular complexity index is 233. The third-order valence-electron chi connectivity index (χ3n) is 2.52. The Kier molecular flexibility index (Phi) is 7.04. The van der Waals surface area contributed by atoms with Crippen LogP contribution in [-0.2, 0) is 9.84 Å². The van der Waals surface area contributed by atoms with Crippen molar-refractivity contribution in [1.82, 2.24) is 0 Å². The number of sulfone groups is 1. The largest absolute Gasteiger partial charge is 0.229 e. The molecule has 2 unspecified atom stereocenters. The van der Waals surface area contributed by atoms with Crippen LogP contribution >= 0.6 is 15.9 Å². The Morgan fingerprint density at radius 1 is 1.14 bits per heavy atom. The fraction of sp³-hybridized carbons (Fsp3) is 1.00. The second-order valence-electron chi connectivity index (χ2n) is 4.02. The van der Waals surface area contributed by atoms with Crippen LogP contribution in [0.4, 0.5) is 0 Å². The summed E-state index contributed by atoms with van der Waals surface area (Å²) in [6.45, 7) is 6.05. The van der Waals surface area contributed by atoms with Gasteiger partial charge in [0.05, 0.1) is 11.5 Å². The van der Waals surface area contributed by atoms with Crippen LogP contribution in [0.3, 0.4) is 0 Å². The molecule has 0 aliphatic rings. The normalized spacial score (nSPS) is 16.6. The van der Waals surface area contributed by atoms with E-state index in [4.69, 9.17) is 0 Å². The average Bonchev–Trinajstić information content (AvgIpc) is 2.13. The lowest BCUT2D eigenvalue weighted by Gasteiger charge is -2.14. The average molecular weight is 285 g/mol. The van der Waals surface area contributed by atoms with Gasteiger partial charge in [0.2, 0.25) is 0 Å². The maximum absolute atomic E-state index is 11.7. The molecule has 0 N–H and O–H groups in total. The van der Waals surface area contributed by atoms with Gasteiger partial charge < -0.3 is 0 Å². The quantitative estimate of drug-likeness (QED) is 0.674. The number of hydrogen-bond donors (Lipinski definition) is 0. The highest BCUT2D eigenvalue weighted by atomic mass is 79.9. The zero-order valence-corrected chi connectivity index (χ0v) is 11.7. The van der Waals surface area contributed by atoms with Gasteiger partial charge in [-0.2, -0.15) is 0 Å². The highest BCUT2D eigenvalue weighted by molar-refractivity contribution is 9.09. The first-order valence-electron chi connectivity index (χ1n) is 5.21. The first-order valence-corrected chi connectivity index (χ1v) is 8.15. The Hall–Kier alpha value is 0.430. The molecule has 0 saturated heterocycles. The predicted octanol–water partition coefficient (Wildman–Crippen LogP) is 2.87. The summed E-state index contributed by atoms with van der Waals surface area (Å²) in [5, 5.41) is 0.781. The van der Waals surface area contributed by atoms with Crippen molar-refractivity contribution in [3.8, 4) is 0 Å². The molecular formula is C10H21BrO2S. The number of rotatable bonds is 7. The van der Waals surface area contributed by atoms with E-state index in [-0.39, 0.29) is 11.8 Å². The van der Waals surface area contributed by atoms with Crippen LogP contribution in [0, 0.1) is 11.8 Å². The van der Waals surface area contributed by atoms with Crippen molar-refractivity contribution in [2.45, 2.75) is 33.6 Å². The zero-order valence-electron chi connectivity index (χ0n) is 9.29. The summed E-state index contributed by atoms with van der Waals surface area (Å²) in [5.41, 5.74) is 0. The monoisotopic (exact) mass is 284 g/mol. The molecule has 0 heterocycles. The van der Waals surface area contributed by atoms with Gasteiger partial charge in [-0.1, -0.05) is 49.5 Å². The topological polar surface area (TPSA) is 34.1 Å². The summed E-state index contributed by atoms with van der Waals surface area (Å²) in [6, 6.07) is 0. The second kappa shape index (κ2) is 6.83. The van der Waals surface area contributed by atoms with Gasteiger partial charge in [0.15, 0.2) is 9.84 Å². The van der Waals surface area contributed by atoms with Crippen molar-refractivity contribution >= 4 is 25.8 Å². The molecule has 0 aromatic heterocycles. The second-order valence-corrected chi connectivity index (χ2v) is 6.82. The van der Waals surface area contributed by atoms with Crippen LogP contribution in [0.5, 0.6) is 0 Å². The Morgan fingerprint density at radius 2 is 1.71 bits per heavy atom. The number of alkyl halides is 1. The minimum atomic E-state index is -2.85. The molecule has 0 amide bonds. The number of hydrogen-bond acceptors (Lipinski definition) is 2. The highest BCUT2D eigenvalue weighted by Gasteiger charge is 2.19. The first-order chi connectivity index (χ1) is 6.45. The van der Waals surface area contributed by atoms with Gasteiger partial charge in [0.1, 0.15) is 0 Å². The van der Waals surface area contributed by atoms with Crippen LogP contribution in [0.2, 0.25) is 0 Å². The lowest BCUT2D eigenvalue weighted by atomic mass is 10.2. The third kappa shape index (κ3) is 6.02. The third-order valence-corrected chi connectivity index (χ3v) is 5.49. The Morgan fingerprint density at radius 3 is 2.07 bits per heavy atom. The van der Waals surface area contributed by atoms with E-state index in [1.54, 1.807) is 0 Å². The minimum absolute atomic E-state index is 0.268. The molecule has 0 aromatic carbocycles. The lowest BCUT2D eigenvalue weighted by Crippen LogP contribution is -2.22. The first kappa shape index (κ1) is 14.4. The SMILES string of the molecule is CCC(C)CS(=O)(=O)CC(CC)CBr. The molecule has 0 aliphatic heterocycles. The highest BCUT2D eigenvalue weighted by Crippen LogP contribution is 2.13. The van der Waals surface area contributed by atoms with E-state index >= 15 is 0 Å². The van der Waals surface area contributed by atoms with Crippen LogP contribution in [-0.4, -0.2) is 25.3 Å². The van der Waals surface area contributed by atoms with Gasteiger partial charge in [-0.15, -0.1) is 0 Å². The van der Waals surface area contributed by atoms with Crippen molar-refractivity contribution in [2.24, 2.45) is 11.8 Å². The van der Waals surface area contributed by atoms with Gasteiger partial charge in [-0.25, -0.2) is 8.42 Å². The van der Waals surface area contributed by atoms with E-state index in [2.05, 4.69) is 15.9 Å². The Balaban J connectivity index is 4.19. The molecule has 0 rings (SSSR count). The van der Waals surface area contributed by atoms with Gasteiger partial charge in [-0.05, 0) is 11.8 Å². The molecule has 86 valence electrons. The van der Waals surface area contributed by atoms with Crippen LogP contribution in [0.15, 0.2) is 0 Å². The van der Waals surface area contributed by atoms with Crippen molar-refractivity contribution < 1.29 is 8.42 Å². The molecule has 2 nitrogen and oxygen atoms in total. The minimum Gasteiger partial charge on any atom is -0.229 e. The molecule has 2 atom stereocenters. The molecule has 0 radical (unpaired) electrons. The molecule has 0 spiro atoms. The van der Waals surface area contributed by atoms with Gasteiger partial charge in [0, 0.05) is 5.33 Å². The molecule has 0 aliphatic carbocycles. The summed E-state index contributed by atoms with van der Waals surface area (Å²) in [5.74, 6) is 1.23. The maximum atomic E-state index is 11.7. The van der Waals surface area contributed by atoms with Crippen molar-refractivity contribution in [2.75, 3.05) is 16.8 Å². The van der Waals surface area contributed by atoms with Crippen LogP contribution < -0.4 is 0 Å². The van der Waals surface area contributed by atoms with E-state index in [0.717, 1.165) is 18.2 Å². The van der Waals surface area contributed by atoms with Crippen LogP contribution in [0.1, 0.15) is 33.6 Å². The van der Waals surface area contributed by atoms with E-state index in [0.29, 0.717) is 11.5 Å². The summed E-state index contributed by atoms with van der Waals surface area (Å²) < 4.78 is 23.4. The molecule has 0 aromatic rings. The fourth-order valence-electron chi connectivity index (χ4n) is 1.25. The maximum Gasteiger partial charge on any atom is 0.150 e. The van der Waals surface area contributed by atoms with Crippen LogP contribution in [0.25, 0.3) is 0 Å². The molecule has 14 heavy (non-hydrogen) atoms. The fourth-order valence-corrected chi connectivity index (χ4v) is 4.55. The van der Waals surface area contributed by atoms with Crippen molar-refractivity contribution in [1.29, 1.82) is 0 Å². The zero-order chi connectivity index (χ0) is 11.2. The van der Waals surface area contributed by atoms with Crippen molar-refractivity contribution in [3.63, 3.8) is 0 Å². The molecule has 4 heteroatoms. The summed E-state index contributed by atoms with van der Waals surface area (Å²) in [4.78, 5) is 0. The van der Waals surface area contributed by atoms with Gasteiger partial charge >= 0.3 is 0 Å².